The fraction of sp³-hybridized carbons (Fsp3) is 0.467. The maximum Gasteiger partial charge on any atom is 0.227 e. The van der Waals surface area contributed by atoms with Crippen molar-refractivity contribution in [1.82, 2.24) is 15.5 Å². The largest absolute Gasteiger partial charge is 0.507 e. The minimum atomic E-state index is 0.328. The van der Waals surface area contributed by atoms with E-state index in [9.17, 15) is 5.11 Å². The van der Waals surface area contributed by atoms with Crippen molar-refractivity contribution in [3.63, 3.8) is 0 Å². The van der Waals surface area contributed by atoms with Gasteiger partial charge in [0, 0.05) is 12.0 Å². The van der Waals surface area contributed by atoms with Crippen LogP contribution in [0.15, 0.2) is 16.7 Å². The molecular weight excluding hydrogens is 254 g/mol. The summed E-state index contributed by atoms with van der Waals surface area (Å²) >= 11 is 0. The van der Waals surface area contributed by atoms with E-state index in [1.165, 1.54) is 0 Å². The molecule has 5 heteroatoms. The van der Waals surface area contributed by atoms with Crippen molar-refractivity contribution in [2.75, 3.05) is 13.1 Å². The molecule has 1 saturated heterocycles. The smallest absolute Gasteiger partial charge is 0.227 e. The fourth-order valence-corrected chi connectivity index (χ4v) is 2.68. The molecule has 3 rings (SSSR count). The van der Waals surface area contributed by atoms with Crippen molar-refractivity contribution in [1.29, 1.82) is 0 Å². The van der Waals surface area contributed by atoms with E-state index < -0.39 is 0 Å². The molecule has 1 unspecified atom stereocenters. The van der Waals surface area contributed by atoms with Crippen molar-refractivity contribution in [2.24, 2.45) is 5.92 Å². The summed E-state index contributed by atoms with van der Waals surface area (Å²) in [4.78, 5) is 4.47. The van der Waals surface area contributed by atoms with Gasteiger partial charge in [-0.25, -0.2) is 0 Å². The molecule has 1 aromatic carbocycles. The Labute approximate surface area is 118 Å². The van der Waals surface area contributed by atoms with Crippen LogP contribution in [0.5, 0.6) is 5.75 Å². The van der Waals surface area contributed by atoms with Gasteiger partial charge in [0.15, 0.2) is 0 Å². The second-order valence-corrected chi connectivity index (χ2v) is 5.53. The van der Waals surface area contributed by atoms with E-state index in [-0.39, 0.29) is 0 Å². The summed E-state index contributed by atoms with van der Waals surface area (Å²) in [6, 6.07) is 3.77. The zero-order chi connectivity index (χ0) is 14.1. The standard InChI is InChI=1S/C15H19N3O2/c1-9-5-12(6-10(2)14(9)19)15-17-13(20-18-15)7-11-3-4-16-8-11/h5-6,11,16,19H,3-4,7-8H2,1-2H3. The predicted octanol–water partition coefficient (Wildman–Crippen LogP) is 2.21. The van der Waals surface area contributed by atoms with Gasteiger partial charge < -0.3 is 14.9 Å². The van der Waals surface area contributed by atoms with E-state index >= 15 is 0 Å². The Hall–Kier alpha value is -1.88. The maximum absolute atomic E-state index is 9.80. The quantitative estimate of drug-likeness (QED) is 0.897. The number of nitrogens with zero attached hydrogens (tertiary/aromatic N) is 2. The van der Waals surface area contributed by atoms with Crippen LogP contribution in [0, 0.1) is 19.8 Å². The van der Waals surface area contributed by atoms with Crippen LogP contribution in [0.25, 0.3) is 11.4 Å². The number of benzene rings is 1. The van der Waals surface area contributed by atoms with Crippen molar-refractivity contribution >= 4 is 0 Å². The molecule has 0 bridgehead atoms. The number of hydrogen-bond acceptors (Lipinski definition) is 5. The monoisotopic (exact) mass is 273 g/mol. The summed E-state index contributed by atoms with van der Waals surface area (Å²) in [5, 5.41) is 17.2. The molecule has 106 valence electrons. The van der Waals surface area contributed by atoms with Crippen LogP contribution >= 0.6 is 0 Å². The number of aromatic hydroxyl groups is 1. The average molecular weight is 273 g/mol. The van der Waals surface area contributed by atoms with E-state index in [1.54, 1.807) is 0 Å². The third kappa shape index (κ3) is 2.54. The Kier molecular flexibility index (Phi) is 3.44. The molecule has 2 heterocycles. The van der Waals surface area contributed by atoms with Gasteiger partial charge in [-0.3, -0.25) is 0 Å². The Morgan fingerprint density at radius 1 is 1.35 bits per heavy atom. The summed E-state index contributed by atoms with van der Waals surface area (Å²) in [5.41, 5.74) is 2.54. The topological polar surface area (TPSA) is 71.2 Å². The molecule has 1 fully saturated rings. The Bertz CT molecular complexity index is 592. The first-order valence-electron chi connectivity index (χ1n) is 6.97. The summed E-state index contributed by atoms with van der Waals surface area (Å²) in [6.07, 6.45) is 1.99. The van der Waals surface area contributed by atoms with Gasteiger partial charge in [0.2, 0.25) is 11.7 Å². The highest BCUT2D eigenvalue weighted by molar-refractivity contribution is 5.60. The third-order valence-corrected chi connectivity index (χ3v) is 3.84. The highest BCUT2D eigenvalue weighted by Crippen LogP contribution is 2.28. The number of aromatic nitrogens is 2. The molecule has 1 atom stereocenters. The molecule has 20 heavy (non-hydrogen) atoms. The van der Waals surface area contributed by atoms with Gasteiger partial charge in [-0.1, -0.05) is 5.16 Å². The Morgan fingerprint density at radius 2 is 2.10 bits per heavy atom. The van der Waals surface area contributed by atoms with Gasteiger partial charge in [0.05, 0.1) is 0 Å². The van der Waals surface area contributed by atoms with Gasteiger partial charge in [0.25, 0.3) is 0 Å². The van der Waals surface area contributed by atoms with Gasteiger partial charge in [-0.05, 0) is 62.5 Å². The summed E-state index contributed by atoms with van der Waals surface area (Å²) < 4.78 is 5.34. The lowest BCUT2D eigenvalue weighted by atomic mass is 10.0. The first kappa shape index (κ1) is 13.1. The molecular formula is C15H19N3O2. The van der Waals surface area contributed by atoms with E-state index in [2.05, 4.69) is 15.5 Å². The van der Waals surface area contributed by atoms with E-state index in [0.717, 1.165) is 42.6 Å². The summed E-state index contributed by atoms with van der Waals surface area (Å²) in [7, 11) is 0. The van der Waals surface area contributed by atoms with E-state index in [4.69, 9.17) is 4.52 Å². The lowest BCUT2D eigenvalue weighted by molar-refractivity contribution is 0.358. The fourth-order valence-electron chi connectivity index (χ4n) is 2.68. The second-order valence-electron chi connectivity index (χ2n) is 5.53. The third-order valence-electron chi connectivity index (χ3n) is 3.84. The molecule has 0 radical (unpaired) electrons. The molecule has 0 saturated carbocycles. The number of nitrogens with one attached hydrogen (secondary N) is 1. The van der Waals surface area contributed by atoms with E-state index in [1.807, 2.05) is 26.0 Å². The lowest BCUT2D eigenvalue weighted by Crippen LogP contribution is -2.10. The van der Waals surface area contributed by atoms with Crippen LogP contribution in [-0.4, -0.2) is 28.3 Å². The van der Waals surface area contributed by atoms with E-state index in [0.29, 0.717) is 23.4 Å². The Balaban J connectivity index is 1.82. The molecule has 0 spiro atoms. The average Bonchev–Trinajstić information content (AvgIpc) is 3.07. The van der Waals surface area contributed by atoms with Crippen LogP contribution < -0.4 is 5.32 Å². The molecule has 0 amide bonds. The number of phenols is 1. The van der Waals surface area contributed by atoms with Crippen LogP contribution in [0.4, 0.5) is 0 Å². The molecule has 1 aliphatic heterocycles. The Morgan fingerprint density at radius 3 is 2.75 bits per heavy atom. The first-order chi connectivity index (χ1) is 9.63. The van der Waals surface area contributed by atoms with Gasteiger partial charge in [-0.2, -0.15) is 4.98 Å². The number of phenolic OH excluding ortho intramolecular Hbond substituents is 1. The SMILES string of the molecule is Cc1cc(-c2noc(CC3CCNC3)n2)cc(C)c1O. The normalized spacial score (nSPS) is 18.6. The second kappa shape index (κ2) is 5.25. The zero-order valence-electron chi connectivity index (χ0n) is 11.8. The predicted molar refractivity (Wildman–Crippen MR) is 75.6 cm³/mol. The highest BCUT2D eigenvalue weighted by Gasteiger charge is 2.19. The van der Waals surface area contributed by atoms with Crippen molar-refractivity contribution < 1.29 is 9.63 Å². The number of hydrogen-bond donors (Lipinski definition) is 2. The minimum absolute atomic E-state index is 0.328. The molecule has 1 aliphatic rings. The summed E-state index contributed by atoms with van der Waals surface area (Å²) in [6.45, 7) is 5.84. The lowest BCUT2D eigenvalue weighted by Gasteiger charge is -2.04. The van der Waals surface area contributed by atoms with Gasteiger partial charge in [-0.15, -0.1) is 0 Å². The molecule has 2 aromatic rings. The molecule has 2 N–H and O–H groups in total. The minimum Gasteiger partial charge on any atom is -0.507 e. The molecule has 0 aliphatic carbocycles. The van der Waals surface area contributed by atoms with Gasteiger partial charge >= 0.3 is 0 Å². The number of rotatable bonds is 3. The molecule has 1 aromatic heterocycles. The van der Waals surface area contributed by atoms with Crippen LogP contribution in [0.1, 0.15) is 23.4 Å². The van der Waals surface area contributed by atoms with Crippen molar-refractivity contribution in [2.45, 2.75) is 26.7 Å². The highest BCUT2D eigenvalue weighted by atomic mass is 16.5. The van der Waals surface area contributed by atoms with Crippen LogP contribution in [0.2, 0.25) is 0 Å². The first-order valence-corrected chi connectivity index (χ1v) is 6.97. The van der Waals surface area contributed by atoms with Crippen molar-refractivity contribution in [3.8, 4) is 17.1 Å². The zero-order valence-corrected chi connectivity index (χ0v) is 11.8. The molecule has 5 nitrogen and oxygen atoms in total. The van der Waals surface area contributed by atoms with Gasteiger partial charge in [0.1, 0.15) is 5.75 Å². The number of aryl methyl sites for hydroxylation is 2. The maximum atomic E-state index is 9.80. The summed E-state index contributed by atoms with van der Waals surface area (Å²) in [5.74, 6) is 2.20. The van der Waals surface area contributed by atoms with Crippen molar-refractivity contribution in [3.05, 3.63) is 29.2 Å². The van der Waals surface area contributed by atoms with Crippen LogP contribution in [-0.2, 0) is 6.42 Å². The van der Waals surface area contributed by atoms with Crippen LogP contribution in [0.3, 0.4) is 0 Å².